The zero-order valence-corrected chi connectivity index (χ0v) is 39.5. The van der Waals surface area contributed by atoms with Crippen LogP contribution in [-0.2, 0) is 5.41 Å². The van der Waals surface area contributed by atoms with Crippen molar-refractivity contribution in [1.29, 1.82) is 0 Å². The van der Waals surface area contributed by atoms with Crippen LogP contribution in [0.5, 0.6) is 0 Å². The van der Waals surface area contributed by atoms with Crippen molar-refractivity contribution in [2.45, 2.75) is 91.4 Å². The van der Waals surface area contributed by atoms with Crippen LogP contribution in [0.1, 0.15) is 98.6 Å². The number of rotatable bonds is 11. The summed E-state index contributed by atoms with van der Waals surface area (Å²) in [4.78, 5) is 0. The Morgan fingerprint density at radius 3 is 2.31 bits per heavy atom. The van der Waals surface area contributed by atoms with Crippen LogP contribution in [0.2, 0.25) is 0 Å². The average Bonchev–Trinajstić information content (AvgIpc) is 3.99. The maximum Gasteiger partial charge on any atom is 0.0581 e. The highest BCUT2D eigenvalue weighted by Crippen LogP contribution is 2.54. The van der Waals surface area contributed by atoms with Crippen molar-refractivity contribution in [1.82, 2.24) is 0 Å². The van der Waals surface area contributed by atoms with Gasteiger partial charge in [-0.25, -0.2) is 0 Å². The minimum absolute atomic E-state index is 0.0687. The molecule has 1 unspecified atom stereocenters. The highest BCUT2D eigenvalue weighted by atomic mass is 14.9. The van der Waals surface area contributed by atoms with E-state index in [2.05, 4.69) is 223 Å². The Balaban J connectivity index is 0.000000135. The molecule has 5 aliphatic carbocycles. The molecule has 5 aromatic carbocycles. The van der Waals surface area contributed by atoms with Gasteiger partial charge < -0.3 is 5.32 Å². The molecule has 1 saturated carbocycles. The number of aryl methyl sites for hydroxylation is 3. The van der Waals surface area contributed by atoms with Crippen LogP contribution in [-0.4, -0.2) is 0 Å². The Morgan fingerprint density at radius 2 is 1.60 bits per heavy atom. The molecular formula is C64H67N. The summed E-state index contributed by atoms with van der Waals surface area (Å²) in [6.07, 6.45) is 38.5. The predicted molar refractivity (Wildman–Crippen MR) is 284 cm³/mol. The smallest absolute Gasteiger partial charge is 0.0581 e. The van der Waals surface area contributed by atoms with Crippen LogP contribution in [0.15, 0.2) is 212 Å². The van der Waals surface area contributed by atoms with Crippen LogP contribution in [0.4, 0.5) is 11.4 Å². The lowest BCUT2D eigenvalue weighted by Gasteiger charge is -2.23. The largest absolute Gasteiger partial charge is 0.355 e. The quantitative estimate of drug-likeness (QED) is 0.131. The molecule has 0 saturated heterocycles. The first-order valence-corrected chi connectivity index (χ1v) is 24.1. The van der Waals surface area contributed by atoms with Crippen LogP contribution >= 0.6 is 0 Å². The van der Waals surface area contributed by atoms with E-state index in [4.69, 9.17) is 0 Å². The van der Waals surface area contributed by atoms with E-state index in [-0.39, 0.29) is 5.41 Å². The van der Waals surface area contributed by atoms with Crippen molar-refractivity contribution in [3.05, 3.63) is 245 Å². The lowest BCUT2D eigenvalue weighted by Crippen LogP contribution is -2.17. The number of benzene rings is 5. The Morgan fingerprint density at radius 1 is 0.800 bits per heavy atom. The van der Waals surface area contributed by atoms with E-state index in [1.165, 1.54) is 123 Å². The summed E-state index contributed by atoms with van der Waals surface area (Å²) in [5.74, 6) is 1.48. The molecule has 1 spiro atoms. The van der Waals surface area contributed by atoms with Crippen LogP contribution in [0, 0.1) is 32.6 Å². The van der Waals surface area contributed by atoms with Gasteiger partial charge in [-0.15, -0.1) is 0 Å². The molecule has 0 bridgehead atoms. The Hall–Kier alpha value is -6.44. The molecule has 328 valence electrons. The highest BCUT2D eigenvalue weighted by Gasteiger charge is 2.41. The number of para-hydroxylation sites is 1. The van der Waals surface area contributed by atoms with E-state index in [9.17, 15) is 0 Å². The van der Waals surface area contributed by atoms with E-state index in [1.807, 2.05) is 6.08 Å². The lowest BCUT2D eigenvalue weighted by molar-refractivity contribution is 0.627. The third kappa shape index (κ3) is 9.96. The summed E-state index contributed by atoms with van der Waals surface area (Å²) in [5.41, 5.74) is 20.4. The van der Waals surface area contributed by atoms with Gasteiger partial charge in [0.25, 0.3) is 0 Å². The molecule has 1 N–H and O–H groups in total. The minimum atomic E-state index is -0.0687. The topological polar surface area (TPSA) is 12.0 Å². The van der Waals surface area contributed by atoms with Gasteiger partial charge in [-0.3, -0.25) is 0 Å². The van der Waals surface area contributed by atoms with Gasteiger partial charge in [0.15, 0.2) is 0 Å². The van der Waals surface area contributed by atoms with Crippen molar-refractivity contribution in [3.8, 4) is 11.1 Å². The fourth-order valence-corrected chi connectivity index (χ4v) is 10.4. The third-order valence-corrected chi connectivity index (χ3v) is 13.8. The van der Waals surface area contributed by atoms with Gasteiger partial charge in [0.05, 0.1) is 5.41 Å². The number of nitrogens with one attached hydrogen (secondary N) is 1. The Kier molecular flexibility index (Phi) is 14.3. The summed E-state index contributed by atoms with van der Waals surface area (Å²) in [5, 5.41) is 6.22. The molecule has 1 nitrogen and oxygen atoms in total. The molecule has 5 aliphatic rings. The van der Waals surface area contributed by atoms with Gasteiger partial charge in [0, 0.05) is 11.4 Å². The first kappa shape index (κ1) is 45.1. The predicted octanol–water partition coefficient (Wildman–Crippen LogP) is 18.0. The molecular weight excluding hydrogens is 783 g/mol. The second kappa shape index (κ2) is 20.6. The van der Waals surface area contributed by atoms with Crippen LogP contribution in [0.3, 0.4) is 0 Å². The number of hydrogen-bond acceptors (Lipinski definition) is 1. The molecule has 1 heteroatoms. The number of allylic oxidation sites excluding steroid dienone is 18. The van der Waals surface area contributed by atoms with Gasteiger partial charge in [-0.05, 0) is 169 Å². The maximum absolute atomic E-state index is 4.12. The molecule has 5 aromatic rings. The average molecular weight is 850 g/mol. The van der Waals surface area contributed by atoms with E-state index < -0.39 is 0 Å². The van der Waals surface area contributed by atoms with Crippen LogP contribution in [0.25, 0.3) is 27.5 Å². The second-order valence-corrected chi connectivity index (χ2v) is 18.5. The van der Waals surface area contributed by atoms with Gasteiger partial charge in [-0.2, -0.15) is 0 Å². The summed E-state index contributed by atoms with van der Waals surface area (Å²) in [7, 11) is 0. The summed E-state index contributed by atoms with van der Waals surface area (Å²) in [6, 6.07) is 35.3. The Bertz CT molecular complexity index is 2820. The van der Waals surface area contributed by atoms with Crippen molar-refractivity contribution < 1.29 is 0 Å². The second-order valence-electron chi connectivity index (χ2n) is 18.5. The van der Waals surface area contributed by atoms with Crippen molar-refractivity contribution in [2.75, 3.05) is 5.32 Å². The lowest BCUT2D eigenvalue weighted by atomic mass is 9.79. The zero-order chi connectivity index (χ0) is 45.3. The summed E-state index contributed by atoms with van der Waals surface area (Å²) >= 11 is 0. The maximum atomic E-state index is 4.12. The van der Waals surface area contributed by atoms with E-state index in [0.29, 0.717) is 5.92 Å². The zero-order valence-electron chi connectivity index (χ0n) is 39.5. The molecule has 0 aliphatic heterocycles. The highest BCUT2D eigenvalue weighted by molar-refractivity contribution is 6.03. The van der Waals surface area contributed by atoms with Gasteiger partial charge in [0.2, 0.25) is 0 Å². The number of fused-ring (bicyclic) bond motifs is 7. The molecule has 0 radical (unpaired) electrons. The minimum Gasteiger partial charge on any atom is -0.355 e. The fourth-order valence-electron chi connectivity index (χ4n) is 10.4. The van der Waals surface area contributed by atoms with Gasteiger partial charge >= 0.3 is 0 Å². The molecule has 65 heavy (non-hydrogen) atoms. The standard InChI is InChI=1S/C24H29N.C22H16.C18H22/c1-5-9-23(19-12-13-19)21(6-2)22-15-14-20(16-18(22)4)25-24-11-8-7-10-17(24)3;1-15-8-10-18-20(14-15)22(12-4-5-13-22)19-11-9-16-6-2-3-7-17(16)21(18)19;1-3-8-18-12-11-16(14-17(18)4-2)13-15-9-6-5-7-10-15/h6-8,10-11,14-16,19,25H,2,5,9,12-13H2,1,3-4H3;2-14H,1H3;3-9,14-15H,2,10-13H2,1H3/b23-21-;;8-3-. The molecule has 10 rings (SSSR count). The van der Waals surface area contributed by atoms with Crippen molar-refractivity contribution >= 4 is 27.7 Å². The summed E-state index contributed by atoms with van der Waals surface area (Å²) < 4.78 is 0. The molecule has 0 aromatic heterocycles. The SMILES string of the molecule is C=C/C(=C(\CCC)C1CC1)c1ccc(Nc2ccccc2C)cc1C.C=CC1=C(/C=C\C)CCC(CC2C=CC=CC2)=C1.Cc1ccc2c(c1)C1(C=CC=C1)c1ccc3ccccc3c1-2. The van der Waals surface area contributed by atoms with Crippen molar-refractivity contribution in [2.24, 2.45) is 11.8 Å². The van der Waals surface area contributed by atoms with E-state index in [1.54, 1.807) is 11.1 Å². The van der Waals surface area contributed by atoms with Crippen molar-refractivity contribution in [3.63, 3.8) is 0 Å². The number of anilines is 2. The number of hydrogen-bond donors (Lipinski definition) is 1. The first-order valence-electron chi connectivity index (χ1n) is 24.1. The first-order chi connectivity index (χ1) is 31.8. The van der Waals surface area contributed by atoms with E-state index >= 15 is 0 Å². The summed E-state index contributed by atoms with van der Waals surface area (Å²) in [6.45, 7) is 18.9. The molecule has 1 fully saturated rings. The molecule has 0 amide bonds. The van der Waals surface area contributed by atoms with E-state index in [0.717, 1.165) is 18.0 Å². The fraction of sp³-hybridized carbons (Fsp3) is 0.250. The van der Waals surface area contributed by atoms with Crippen LogP contribution < -0.4 is 5.32 Å². The molecule has 1 atom stereocenters. The monoisotopic (exact) mass is 850 g/mol. The molecule has 0 heterocycles. The normalized spacial score (nSPS) is 17.8. The third-order valence-electron chi connectivity index (χ3n) is 13.8. The van der Waals surface area contributed by atoms with Gasteiger partial charge in [0.1, 0.15) is 0 Å². The van der Waals surface area contributed by atoms with Gasteiger partial charge in [-0.1, -0.05) is 201 Å². The Labute approximate surface area is 390 Å².